The minimum absolute atomic E-state index is 0.699. The van der Waals surface area contributed by atoms with E-state index in [-0.39, 0.29) is 0 Å². The number of aryl methyl sites for hydroxylation is 1. The van der Waals surface area contributed by atoms with Crippen molar-refractivity contribution in [2.75, 3.05) is 0 Å². The molecule has 1 heterocycles. The van der Waals surface area contributed by atoms with Crippen LogP contribution in [0.25, 0.3) is 11.1 Å². The molecule has 0 bridgehead atoms. The average Bonchev–Trinajstić information content (AvgIpc) is 3.16. The van der Waals surface area contributed by atoms with Gasteiger partial charge in [0.15, 0.2) is 0 Å². The van der Waals surface area contributed by atoms with E-state index in [4.69, 9.17) is 11.6 Å². The second-order valence-electron chi connectivity index (χ2n) is 5.45. The maximum Gasteiger partial charge on any atom is 0.0568 e. The Morgan fingerprint density at radius 1 is 1.40 bits per heavy atom. The summed E-state index contributed by atoms with van der Waals surface area (Å²) in [6, 6.07) is 6.81. The number of nitrogens with zero attached hydrogens (tertiary/aromatic N) is 2. The Bertz CT molecular complexity index is 587. The first-order chi connectivity index (χ1) is 9.76. The fourth-order valence-corrected chi connectivity index (χ4v) is 2.58. The van der Waals surface area contributed by atoms with E-state index in [0.717, 1.165) is 24.5 Å². The molecule has 1 saturated carbocycles. The predicted molar refractivity (Wildman–Crippen MR) is 82.8 cm³/mol. The molecule has 0 unspecified atom stereocenters. The van der Waals surface area contributed by atoms with Crippen LogP contribution < -0.4 is 5.32 Å². The molecule has 0 saturated heterocycles. The molecule has 2 aromatic rings. The SMILES string of the molecule is CCCn1cc(-c2ccc(Cl)cc2CNC2CC2)cn1. The summed E-state index contributed by atoms with van der Waals surface area (Å²) in [6.07, 6.45) is 7.75. The van der Waals surface area contributed by atoms with Gasteiger partial charge in [-0.1, -0.05) is 24.6 Å². The molecule has 106 valence electrons. The van der Waals surface area contributed by atoms with Crippen molar-refractivity contribution in [3.8, 4) is 11.1 Å². The van der Waals surface area contributed by atoms with Gasteiger partial charge < -0.3 is 5.32 Å². The third-order valence-electron chi connectivity index (χ3n) is 3.62. The minimum Gasteiger partial charge on any atom is -0.310 e. The van der Waals surface area contributed by atoms with E-state index < -0.39 is 0 Å². The molecule has 3 rings (SSSR count). The summed E-state index contributed by atoms with van der Waals surface area (Å²) in [6.45, 7) is 4.00. The van der Waals surface area contributed by atoms with E-state index in [0.29, 0.717) is 6.04 Å². The van der Waals surface area contributed by atoms with Crippen molar-refractivity contribution in [2.45, 2.75) is 45.3 Å². The molecule has 1 aromatic carbocycles. The van der Waals surface area contributed by atoms with Gasteiger partial charge in [0, 0.05) is 35.9 Å². The Kier molecular flexibility index (Phi) is 4.08. The van der Waals surface area contributed by atoms with E-state index in [2.05, 4.69) is 35.7 Å². The van der Waals surface area contributed by atoms with Gasteiger partial charge in [-0.25, -0.2) is 0 Å². The maximum atomic E-state index is 6.14. The average molecular weight is 290 g/mol. The lowest BCUT2D eigenvalue weighted by atomic mass is 10.0. The third-order valence-corrected chi connectivity index (χ3v) is 3.86. The normalized spacial score (nSPS) is 14.7. The predicted octanol–water partition coefficient (Wildman–Crippen LogP) is 3.87. The van der Waals surface area contributed by atoms with Crippen molar-refractivity contribution in [2.24, 2.45) is 0 Å². The molecule has 1 N–H and O–H groups in total. The van der Waals surface area contributed by atoms with Crippen molar-refractivity contribution in [3.05, 3.63) is 41.2 Å². The van der Waals surface area contributed by atoms with Crippen LogP contribution in [0, 0.1) is 0 Å². The molecular formula is C16H20ClN3. The van der Waals surface area contributed by atoms with Gasteiger partial charge in [0.25, 0.3) is 0 Å². The smallest absolute Gasteiger partial charge is 0.0568 e. The molecule has 0 spiro atoms. The monoisotopic (exact) mass is 289 g/mol. The lowest BCUT2D eigenvalue weighted by Crippen LogP contribution is -2.15. The van der Waals surface area contributed by atoms with Crippen LogP contribution in [0.1, 0.15) is 31.7 Å². The molecule has 1 aliphatic rings. The van der Waals surface area contributed by atoms with Crippen LogP contribution in [0.5, 0.6) is 0 Å². The maximum absolute atomic E-state index is 6.14. The lowest BCUT2D eigenvalue weighted by molar-refractivity contribution is 0.603. The second kappa shape index (κ2) is 5.98. The van der Waals surface area contributed by atoms with Gasteiger partial charge in [0.2, 0.25) is 0 Å². The summed E-state index contributed by atoms with van der Waals surface area (Å²) in [5.74, 6) is 0. The van der Waals surface area contributed by atoms with Gasteiger partial charge in [-0.05, 0) is 42.5 Å². The van der Waals surface area contributed by atoms with Gasteiger partial charge >= 0.3 is 0 Å². The van der Waals surface area contributed by atoms with E-state index in [1.165, 1.54) is 29.5 Å². The molecule has 1 aromatic heterocycles. The van der Waals surface area contributed by atoms with Crippen molar-refractivity contribution >= 4 is 11.6 Å². The topological polar surface area (TPSA) is 29.9 Å². The summed E-state index contributed by atoms with van der Waals surface area (Å²) in [5.41, 5.74) is 3.65. The summed E-state index contributed by atoms with van der Waals surface area (Å²) in [7, 11) is 0. The zero-order valence-corrected chi connectivity index (χ0v) is 12.5. The summed E-state index contributed by atoms with van der Waals surface area (Å²) in [4.78, 5) is 0. The zero-order valence-electron chi connectivity index (χ0n) is 11.8. The number of halogens is 1. The van der Waals surface area contributed by atoms with Crippen molar-refractivity contribution < 1.29 is 0 Å². The number of hydrogen-bond acceptors (Lipinski definition) is 2. The Hall–Kier alpha value is -1.32. The van der Waals surface area contributed by atoms with Gasteiger partial charge in [0.1, 0.15) is 0 Å². The van der Waals surface area contributed by atoms with Gasteiger partial charge in [-0.15, -0.1) is 0 Å². The fraction of sp³-hybridized carbons (Fsp3) is 0.438. The molecule has 0 amide bonds. The first-order valence-electron chi connectivity index (χ1n) is 7.31. The van der Waals surface area contributed by atoms with E-state index in [1.807, 2.05) is 16.9 Å². The summed E-state index contributed by atoms with van der Waals surface area (Å²) >= 11 is 6.14. The molecule has 20 heavy (non-hydrogen) atoms. The van der Waals surface area contributed by atoms with E-state index >= 15 is 0 Å². The molecule has 0 aliphatic heterocycles. The highest BCUT2D eigenvalue weighted by Gasteiger charge is 2.20. The first kappa shape index (κ1) is 13.7. The molecule has 3 nitrogen and oxygen atoms in total. The zero-order chi connectivity index (χ0) is 13.9. The minimum atomic E-state index is 0.699. The molecule has 1 fully saturated rings. The fourth-order valence-electron chi connectivity index (χ4n) is 2.39. The number of nitrogens with one attached hydrogen (secondary N) is 1. The highest BCUT2D eigenvalue weighted by atomic mass is 35.5. The number of aromatic nitrogens is 2. The van der Waals surface area contributed by atoms with Crippen molar-refractivity contribution in [1.29, 1.82) is 0 Å². The van der Waals surface area contributed by atoms with Crippen LogP contribution in [0.15, 0.2) is 30.6 Å². The van der Waals surface area contributed by atoms with Crippen LogP contribution >= 0.6 is 11.6 Å². The highest BCUT2D eigenvalue weighted by molar-refractivity contribution is 6.30. The van der Waals surface area contributed by atoms with Crippen LogP contribution in [0.2, 0.25) is 5.02 Å². The van der Waals surface area contributed by atoms with Crippen LogP contribution in [-0.2, 0) is 13.1 Å². The van der Waals surface area contributed by atoms with E-state index in [1.54, 1.807) is 0 Å². The van der Waals surface area contributed by atoms with Crippen molar-refractivity contribution in [3.63, 3.8) is 0 Å². The number of hydrogen-bond donors (Lipinski definition) is 1. The van der Waals surface area contributed by atoms with Crippen LogP contribution in [0.4, 0.5) is 0 Å². The third kappa shape index (κ3) is 3.22. The summed E-state index contributed by atoms with van der Waals surface area (Å²) < 4.78 is 2.00. The van der Waals surface area contributed by atoms with Crippen LogP contribution in [0.3, 0.4) is 0 Å². The highest BCUT2D eigenvalue weighted by Crippen LogP contribution is 2.27. The first-order valence-corrected chi connectivity index (χ1v) is 7.68. The Balaban J connectivity index is 1.85. The molecule has 0 atom stereocenters. The standard InChI is InChI=1S/C16H20ClN3/c1-2-7-20-11-13(10-19-20)16-6-3-14(17)8-12(16)9-18-15-4-5-15/h3,6,8,10-11,15,18H,2,4-5,7,9H2,1H3. The van der Waals surface area contributed by atoms with Crippen molar-refractivity contribution in [1.82, 2.24) is 15.1 Å². The molecular weight excluding hydrogens is 270 g/mol. The number of rotatable bonds is 6. The Morgan fingerprint density at radius 2 is 2.25 bits per heavy atom. The summed E-state index contributed by atoms with van der Waals surface area (Å²) in [5, 5.41) is 8.77. The molecule has 1 aliphatic carbocycles. The van der Waals surface area contributed by atoms with Gasteiger partial charge in [-0.3, -0.25) is 4.68 Å². The molecule has 0 radical (unpaired) electrons. The van der Waals surface area contributed by atoms with Gasteiger partial charge in [0.05, 0.1) is 6.20 Å². The van der Waals surface area contributed by atoms with E-state index in [9.17, 15) is 0 Å². The Morgan fingerprint density at radius 3 is 3.00 bits per heavy atom. The lowest BCUT2D eigenvalue weighted by Gasteiger charge is -2.09. The van der Waals surface area contributed by atoms with Gasteiger partial charge in [-0.2, -0.15) is 5.10 Å². The molecule has 4 heteroatoms. The van der Waals surface area contributed by atoms with Crippen LogP contribution in [-0.4, -0.2) is 15.8 Å². The largest absolute Gasteiger partial charge is 0.310 e. The number of benzene rings is 1. The Labute approximate surface area is 124 Å². The second-order valence-corrected chi connectivity index (χ2v) is 5.89. The quantitative estimate of drug-likeness (QED) is 0.875.